The largest absolute Gasteiger partial charge is 0.484 e. The van der Waals surface area contributed by atoms with Gasteiger partial charge >= 0.3 is 5.97 Å². The van der Waals surface area contributed by atoms with Crippen molar-refractivity contribution in [3.05, 3.63) is 58.1 Å². The molecule has 1 amide bonds. The Hall–Kier alpha value is -2.24. The van der Waals surface area contributed by atoms with Gasteiger partial charge in [0.15, 0.2) is 6.61 Å². The second-order valence-corrected chi connectivity index (χ2v) is 5.24. The number of halogens is 2. The third-order valence-electron chi connectivity index (χ3n) is 2.87. The number of ether oxygens (including phenoxy) is 2. The zero-order chi connectivity index (χ0) is 16.8. The van der Waals surface area contributed by atoms with E-state index < -0.39 is 5.97 Å². The van der Waals surface area contributed by atoms with Crippen LogP contribution in [0.3, 0.4) is 0 Å². The molecule has 0 unspecified atom stereocenters. The summed E-state index contributed by atoms with van der Waals surface area (Å²) in [6.07, 6.45) is 0. The van der Waals surface area contributed by atoms with Gasteiger partial charge in [0.1, 0.15) is 5.75 Å². The van der Waals surface area contributed by atoms with E-state index in [0.29, 0.717) is 22.0 Å². The molecule has 23 heavy (non-hydrogen) atoms. The SMILES string of the molecule is COC(=O)c1ccc(OCC(=O)Nc2cccc(Cl)c2Cl)cc1. The Kier molecular flexibility index (Phi) is 5.84. The highest BCUT2D eigenvalue weighted by Gasteiger charge is 2.09. The summed E-state index contributed by atoms with van der Waals surface area (Å²) in [6.45, 7) is -0.208. The highest BCUT2D eigenvalue weighted by Crippen LogP contribution is 2.29. The van der Waals surface area contributed by atoms with Crippen LogP contribution >= 0.6 is 23.2 Å². The number of carbonyl (C=O) groups excluding carboxylic acids is 2. The van der Waals surface area contributed by atoms with Gasteiger partial charge in [-0.15, -0.1) is 0 Å². The Morgan fingerprint density at radius 1 is 1.09 bits per heavy atom. The van der Waals surface area contributed by atoms with Crippen LogP contribution in [0.15, 0.2) is 42.5 Å². The van der Waals surface area contributed by atoms with Crippen molar-refractivity contribution in [3.8, 4) is 5.75 Å². The van der Waals surface area contributed by atoms with E-state index in [9.17, 15) is 9.59 Å². The standard InChI is InChI=1S/C16H13Cl2NO4/c1-22-16(21)10-5-7-11(8-6-10)23-9-14(20)19-13-4-2-3-12(17)15(13)18/h2-8H,9H2,1H3,(H,19,20). The number of rotatable bonds is 5. The molecule has 2 rings (SSSR count). The number of nitrogens with one attached hydrogen (secondary N) is 1. The van der Waals surface area contributed by atoms with Crippen LogP contribution in [0.1, 0.15) is 10.4 Å². The van der Waals surface area contributed by atoms with Crippen molar-refractivity contribution >= 4 is 40.8 Å². The van der Waals surface area contributed by atoms with Crippen molar-refractivity contribution in [1.82, 2.24) is 0 Å². The van der Waals surface area contributed by atoms with Crippen molar-refractivity contribution in [2.75, 3.05) is 19.0 Å². The van der Waals surface area contributed by atoms with Gasteiger partial charge in [-0.1, -0.05) is 29.3 Å². The first-order valence-electron chi connectivity index (χ1n) is 6.56. The van der Waals surface area contributed by atoms with Crippen LogP contribution in [-0.4, -0.2) is 25.6 Å². The predicted octanol–water partition coefficient (Wildman–Crippen LogP) is 3.80. The fourth-order valence-electron chi connectivity index (χ4n) is 1.74. The lowest BCUT2D eigenvalue weighted by molar-refractivity contribution is -0.118. The molecule has 0 aliphatic rings. The summed E-state index contributed by atoms with van der Waals surface area (Å²) in [6, 6.07) is 11.2. The highest BCUT2D eigenvalue weighted by atomic mass is 35.5. The summed E-state index contributed by atoms with van der Waals surface area (Å²) in [5.74, 6) is -0.374. The molecule has 5 nitrogen and oxygen atoms in total. The summed E-state index contributed by atoms with van der Waals surface area (Å²) >= 11 is 11.9. The molecule has 0 saturated carbocycles. The normalized spacial score (nSPS) is 10.0. The number of carbonyl (C=O) groups is 2. The van der Waals surface area contributed by atoms with Crippen LogP contribution in [0.5, 0.6) is 5.75 Å². The monoisotopic (exact) mass is 353 g/mol. The molecule has 0 aromatic heterocycles. The third-order valence-corrected chi connectivity index (χ3v) is 3.69. The van der Waals surface area contributed by atoms with E-state index >= 15 is 0 Å². The van der Waals surface area contributed by atoms with Crippen LogP contribution in [0.25, 0.3) is 0 Å². The van der Waals surface area contributed by atoms with Crippen molar-refractivity contribution < 1.29 is 19.1 Å². The van der Waals surface area contributed by atoms with E-state index in [-0.39, 0.29) is 17.5 Å². The smallest absolute Gasteiger partial charge is 0.337 e. The number of benzene rings is 2. The summed E-state index contributed by atoms with van der Waals surface area (Å²) in [5.41, 5.74) is 0.809. The lowest BCUT2D eigenvalue weighted by Crippen LogP contribution is -2.20. The average molecular weight is 354 g/mol. The Morgan fingerprint density at radius 2 is 1.78 bits per heavy atom. The van der Waals surface area contributed by atoms with Gasteiger partial charge in [0.05, 0.1) is 28.4 Å². The Bertz CT molecular complexity index is 717. The molecule has 7 heteroatoms. The average Bonchev–Trinajstić information content (AvgIpc) is 2.57. The second kappa shape index (κ2) is 7.85. The molecule has 0 aliphatic heterocycles. The highest BCUT2D eigenvalue weighted by molar-refractivity contribution is 6.43. The fraction of sp³-hybridized carbons (Fsp3) is 0.125. The van der Waals surface area contributed by atoms with E-state index in [2.05, 4.69) is 10.1 Å². The van der Waals surface area contributed by atoms with Gasteiger partial charge in [-0.2, -0.15) is 0 Å². The van der Waals surface area contributed by atoms with Gasteiger partial charge in [0, 0.05) is 0 Å². The minimum absolute atomic E-state index is 0.208. The first-order chi connectivity index (χ1) is 11.0. The first kappa shape index (κ1) is 17.1. The number of amides is 1. The molecule has 0 atom stereocenters. The van der Waals surface area contributed by atoms with E-state index in [4.69, 9.17) is 27.9 Å². The van der Waals surface area contributed by atoms with Crippen molar-refractivity contribution in [2.45, 2.75) is 0 Å². The molecule has 0 spiro atoms. The second-order valence-electron chi connectivity index (χ2n) is 4.45. The van der Waals surface area contributed by atoms with Gasteiger partial charge in [0.25, 0.3) is 5.91 Å². The minimum atomic E-state index is -0.440. The maximum absolute atomic E-state index is 11.9. The number of hydrogen-bond donors (Lipinski definition) is 1. The molecular weight excluding hydrogens is 341 g/mol. The maximum Gasteiger partial charge on any atom is 0.337 e. The van der Waals surface area contributed by atoms with Crippen molar-refractivity contribution in [2.24, 2.45) is 0 Å². The Balaban J connectivity index is 1.91. The first-order valence-corrected chi connectivity index (χ1v) is 7.32. The van der Waals surface area contributed by atoms with E-state index in [1.807, 2.05) is 0 Å². The molecule has 0 fully saturated rings. The molecule has 0 bridgehead atoms. The summed E-state index contributed by atoms with van der Waals surface area (Å²) in [7, 11) is 1.30. The molecule has 120 valence electrons. The fourth-order valence-corrected chi connectivity index (χ4v) is 2.09. The van der Waals surface area contributed by atoms with E-state index in [0.717, 1.165) is 0 Å². The molecule has 1 N–H and O–H groups in total. The van der Waals surface area contributed by atoms with Crippen LogP contribution in [0, 0.1) is 0 Å². The molecule has 2 aromatic rings. The summed E-state index contributed by atoms with van der Waals surface area (Å²) < 4.78 is 9.93. The lowest BCUT2D eigenvalue weighted by atomic mass is 10.2. The van der Waals surface area contributed by atoms with Gasteiger partial charge in [-0.05, 0) is 36.4 Å². The topological polar surface area (TPSA) is 64.6 Å². The molecular formula is C16H13Cl2NO4. The Labute approximate surface area is 143 Å². The molecule has 2 aromatic carbocycles. The van der Waals surface area contributed by atoms with E-state index in [1.54, 1.807) is 42.5 Å². The third kappa shape index (κ3) is 4.61. The van der Waals surface area contributed by atoms with Crippen LogP contribution < -0.4 is 10.1 Å². The molecule has 0 saturated heterocycles. The quantitative estimate of drug-likeness (QED) is 0.830. The number of methoxy groups -OCH3 is 1. The van der Waals surface area contributed by atoms with Crippen molar-refractivity contribution in [3.63, 3.8) is 0 Å². The molecule has 0 heterocycles. The molecule has 0 aliphatic carbocycles. The molecule has 0 radical (unpaired) electrons. The van der Waals surface area contributed by atoms with Crippen LogP contribution in [0.4, 0.5) is 5.69 Å². The number of esters is 1. The van der Waals surface area contributed by atoms with Crippen LogP contribution in [0.2, 0.25) is 10.0 Å². The van der Waals surface area contributed by atoms with Crippen molar-refractivity contribution in [1.29, 1.82) is 0 Å². The predicted molar refractivity (Wildman–Crippen MR) is 88.4 cm³/mol. The Morgan fingerprint density at radius 3 is 2.43 bits per heavy atom. The van der Waals surface area contributed by atoms with E-state index in [1.165, 1.54) is 7.11 Å². The number of hydrogen-bond acceptors (Lipinski definition) is 4. The summed E-state index contributed by atoms with van der Waals surface area (Å²) in [5, 5.41) is 3.22. The minimum Gasteiger partial charge on any atom is -0.484 e. The van der Waals surface area contributed by atoms with Gasteiger partial charge in [-0.25, -0.2) is 4.79 Å². The lowest BCUT2D eigenvalue weighted by Gasteiger charge is -2.09. The van der Waals surface area contributed by atoms with Gasteiger partial charge in [-0.3, -0.25) is 4.79 Å². The summed E-state index contributed by atoms with van der Waals surface area (Å²) in [4.78, 5) is 23.2. The zero-order valence-corrected chi connectivity index (χ0v) is 13.6. The maximum atomic E-state index is 11.9. The number of anilines is 1. The van der Waals surface area contributed by atoms with Crippen LogP contribution in [-0.2, 0) is 9.53 Å². The van der Waals surface area contributed by atoms with Gasteiger partial charge in [0.2, 0.25) is 0 Å². The van der Waals surface area contributed by atoms with Gasteiger partial charge < -0.3 is 14.8 Å². The zero-order valence-electron chi connectivity index (χ0n) is 12.1.